The Morgan fingerprint density at radius 1 is 0.871 bits per heavy atom. The van der Waals surface area contributed by atoms with Gasteiger partial charge in [0.05, 0.1) is 12.1 Å². The van der Waals surface area contributed by atoms with Crippen molar-refractivity contribution >= 4 is 46.3 Å². The molecule has 0 atom stereocenters. The standard InChI is InChI=1S/C25H20Cl2N2O2/c1-15-7-9-17(10-8-15)22-23(28-21-12-11-19(26)13-16(21)2)25(31)29(24(22)30)14-18-5-3-4-6-20(18)27/h3-13,28H,14H2,1-2H3. The second kappa shape index (κ2) is 8.58. The Bertz CT molecular complexity index is 1220. The predicted molar refractivity (Wildman–Crippen MR) is 125 cm³/mol. The monoisotopic (exact) mass is 450 g/mol. The van der Waals surface area contributed by atoms with Crippen LogP contribution in [0.2, 0.25) is 10.0 Å². The van der Waals surface area contributed by atoms with Crippen molar-refractivity contribution in [2.24, 2.45) is 0 Å². The number of amides is 2. The topological polar surface area (TPSA) is 49.4 Å². The summed E-state index contributed by atoms with van der Waals surface area (Å²) in [6.07, 6.45) is 0. The molecule has 4 nitrogen and oxygen atoms in total. The number of hydrogen-bond donors (Lipinski definition) is 1. The van der Waals surface area contributed by atoms with E-state index in [9.17, 15) is 9.59 Å². The third-order valence-corrected chi connectivity index (χ3v) is 5.85. The van der Waals surface area contributed by atoms with Crippen LogP contribution in [0.25, 0.3) is 5.57 Å². The van der Waals surface area contributed by atoms with Gasteiger partial charge in [-0.1, -0.05) is 71.2 Å². The van der Waals surface area contributed by atoms with E-state index in [1.54, 1.807) is 24.3 Å². The molecule has 31 heavy (non-hydrogen) atoms. The lowest BCUT2D eigenvalue weighted by Gasteiger charge is -2.16. The van der Waals surface area contributed by atoms with E-state index in [1.165, 1.54) is 4.90 Å². The summed E-state index contributed by atoms with van der Waals surface area (Å²) in [5.74, 6) is -0.752. The van der Waals surface area contributed by atoms with E-state index in [0.717, 1.165) is 11.1 Å². The van der Waals surface area contributed by atoms with Gasteiger partial charge in [-0.2, -0.15) is 0 Å². The highest BCUT2D eigenvalue weighted by molar-refractivity contribution is 6.37. The van der Waals surface area contributed by atoms with Crippen LogP contribution in [0.15, 0.2) is 72.4 Å². The Morgan fingerprint density at radius 2 is 1.58 bits per heavy atom. The Kier molecular flexibility index (Phi) is 5.86. The summed E-state index contributed by atoms with van der Waals surface area (Å²) in [5.41, 5.74) is 4.62. The third kappa shape index (κ3) is 4.22. The molecule has 1 N–H and O–H groups in total. The number of aryl methyl sites for hydroxylation is 2. The van der Waals surface area contributed by atoms with E-state index in [2.05, 4.69) is 5.32 Å². The molecule has 0 spiro atoms. The van der Waals surface area contributed by atoms with Crippen molar-refractivity contribution in [2.75, 3.05) is 5.32 Å². The highest BCUT2D eigenvalue weighted by Gasteiger charge is 2.39. The van der Waals surface area contributed by atoms with E-state index in [1.807, 2.05) is 56.3 Å². The number of anilines is 1. The molecule has 0 fully saturated rings. The van der Waals surface area contributed by atoms with Crippen LogP contribution in [-0.4, -0.2) is 16.7 Å². The highest BCUT2D eigenvalue weighted by atomic mass is 35.5. The molecular weight excluding hydrogens is 431 g/mol. The maximum atomic E-state index is 13.4. The largest absolute Gasteiger partial charge is 0.350 e. The molecule has 0 saturated heterocycles. The molecule has 0 unspecified atom stereocenters. The zero-order chi connectivity index (χ0) is 22.1. The first-order chi connectivity index (χ1) is 14.8. The second-order valence-electron chi connectivity index (χ2n) is 7.49. The van der Waals surface area contributed by atoms with Gasteiger partial charge in [-0.25, -0.2) is 0 Å². The molecule has 4 rings (SSSR count). The van der Waals surface area contributed by atoms with E-state index >= 15 is 0 Å². The van der Waals surface area contributed by atoms with Crippen LogP contribution >= 0.6 is 23.2 Å². The normalized spacial score (nSPS) is 13.9. The molecule has 156 valence electrons. The molecule has 0 radical (unpaired) electrons. The molecule has 3 aromatic carbocycles. The number of nitrogens with one attached hydrogen (secondary N) is 1. The summed E-state index contributed by atoms with van der Waals surface area (Å²) in [7, 11) is 0. The summed E-state index contributed by atoms with van der Waals surface area (Å²) >= 11 is 12.4. The third-order valence-electron chi connectivity index (χ3n) is 5.24. The Hall–Kier alpha value is -3.08. The molecule has 0 aliphatic carbocycles. The first-order valence-electron chi connectivity index (χ1n) is 9.79. The van der Waals surface area contributed by atoms with Gasteiger partial charge in [-0.05, 0) is 54.8 Å². The zero-order valence-corrected chi connectivity index (χ0v) is 18.6. The van der Waals surface area contributed by atoms with Crippen LogP contribution in [0, 0.1) is 13.8 Å². The van der Waals surface area contributed by atoms with Crippen LogP contribution in [0.1, 0.15) is 22.3 Å². The van der Waals surface area contributed by atoms with Gasteiger partial charge >= 0.3 is 0 Å². The molecule has 0 aromatic heterocycles. The number of rotatable bonds is 5. The number of halogens is 2. The first kappa shape index (κ1) is 21.2. The van der Waals surface area contributed by atoms with Crippen molar-refractivity contribution < 1.29 is 9.59 Å². The minimum Gasteiger partial charge on any atom is -0.350 e. The summed E-state index contributed by atoms with van der Waals surface area (Å²) in [6.45, 7) is 3.96. The maximum Gasteiger partial charge on any atom is 0.278 e. The lowest BCUT2D eigenvalue weighted by Crippen LogP contribution is -2.32. The number of hydrogen-bond acceptors (Lipinski definition) is 3. The van der Waals surface area contributed by atoms with Gasteiger partial charge < -0.3 is 5.32 Å². The lowest BCUT2D eigenvalue weighted by molar-refractivity contribution is -0.137. The molecule has 0 bridgehead atoms. The molecule has 2 amide bonds. The molecule has 1 heterocycles. The van der Waals surface area contributed by atoms with E-state index < -0.39 is 5.91 Å². The summed E-state index contributed by atoms with van der Waals surface area (Å²) in [4.78, 5) is 28.0. The number of carbonyl (C=O) groups is 2. The van der Waals surface area contributed by atoms with Crippen LogP contribution in [0.5, 0.6) is 0 Å². The van der Waals surface area contributed by atoms with Gasteiger partial charge in [-0.3, -0.25) is 14.5 Å². The van der Waals surface area contributed by atoms with Crippen LogP contribution in [0.4, 0.5) is 5.69 Å². The molecular formula is C25H20Cl2N2O2. The van der Waals surface area contributed by atoms with Crippen molar-refractivity contribution in [3.8, 4) is 0 Å². The van der Waals surface area contributed by atoms with E-state index in [0.29, 0.717) is 32.4 Å². The minimum atomic E-state index is -0.394. The van der Waals surface area contributed by atoms with Crippen molar-refractivity contribution in [3.63, 3.8) is 0 Å². The fourth-order valence-electron chi connectivity index (χ4n) is 3.52. The van der Waals surface area contributed by atoms with Crippen molar-refractivity contribution in [1.82, 2.24) is 4.90 Å². The van der Waals surface area contributed by atoms with Crippen LogP contribution in [-0.2, 0) is 16.1 Å². The number of carbonyl (C=O) groups excluding carboxylic acids is 2. The minimum absolute atomic E-state index is 0.0947. The van der Waals surface area contributed by atoms with Gasteiger partial charge in [0.2, 0.25) is 0 Å². The maximum absolute atomic E-state index is 13.4. The van der Waals surface area contributed by atoms with Gasteiger partial charge in [0.1, 0.15) is 5.70 Å². The number of benzene rings is 3. The van der Waals surface area contributed by atoms with Gasteiger partial charge in [-0.15, -0.1) is 0 Å². The average Bonchev–Trinajstić information content (AvgIpc) is 2.96. The fraction of sp³-hybridized carbons (Fsp3) is 0.120. The summed E-state index contributed by atoms with van der Waals surface area (Å²) in [6, 6.07) is 20.1. The molecule has 6 heteroatoms. The predicted octanol–water partition coefficient (Wildman–Crippen LogP) is 6.00. The Morgan fingerprint density at radius 3 is 2.26 bits per heavy atom. The SMILES string of the molecule is Cc1ccc(C2=C(Nc3ccc(Cl)cc3C)C(=O)N(Cc3ccccc3Cl)C2=O)cc1. The fourth-order valence-corrected chi connectivity index (χ4v) is 3.94. The summed E-state index contributed by atoms with van der Waals surface area (Å²) in [5, 5.41) is 4.30. The van der Waals surface area contributed by atoms with E-state index in [-0.39, 0.29) is 18.1 Å². The van der Waals surface area contributed by atoms with Crippen molar-refractivity contribution in [3.05, 3.63) is 105 Å². The summed E-state index contributed by atoms with van der Waals surface area (Å²) < 4.78 is 0. The lowest BCUT2D eigenvalue weighted by atomic mass is 10.0. The molecule has 0 saturated carbocycles. The van der Waals surface area contributed by atoms with Crippen LogP contribution < -0.4 is 5.32 Å². The quantitative estimate of drug-likeness (QED) is 0.484. The molecule has 1 aliphatic rings. The van der Waals surface area contributed by atoms with Gasteiger partial charge in [0.25, 0.3) is 11.8 Å². The second-order valence-corrected chi connectivity index (χ2v) is 8.33. The smallest absolute Gasteiger partial charge is 0.278 e. The zero-order valence-electron chi connectivity index (χ0n) is 17.1. The Balaban J connectivity index is 1.77. The van der Waals surface area contributed by atoms with Crippen molar-refractivity contribution in [2.45, 2.75) is 20.4 Å². The number of imide groups is 1. The first-order valence-corrected chi connectivity index (χ1v) is 10.5. The van der Waals surface area contributed by atoms with E-state index in [4.69, 9.17) is 23.2 Å². The number of nitrogens with zero attached hydrogens (tertiary/aromatic N) is 1. The average molecular weight is 451 g/mol. The highest BCUT2D eigenvalue weighted by Crippen LogP contribution is 2.33. The van der Waals surface area contributed by atoms with Gasteiger partial charge in [0, 0.05) is 15.7 Å². The van der Waals surface area contributed by atoms with Crippen LogP contribution in [0.3, 0.4) is 0 Å². The Labute approximate surface area is 191 Å². The molecule has 1 aliphatic heterocycles. The van der Waals surface area contributed by atoms with Gasteiger partial charge in [0.15, 0.2) is 0 Å². The van der Waals surface area contributed by atoms with Crippen molar-refractivity contribution in [1.29, 1.82) is 0 Å². The molecule has 3 aromatic rings.